The summed E-state index contributed by atoms with van der Waals surface area (Å²) in [5, 5.41) is 20.5. The molecule has 0 radical (unpaired) electrons. The molecular formula is C20H16ClNO4. The molecule has 0 aliphatic carbocycles. The second kappa shape index (κ2) is 9.25. The highest BCUT2D eigenvalue weighted by Crippen LogP contribution is 2.26. The van der Waals surface area contributed by atoms with Crippen molar-refractivity contribution in [2.45, 2.75) is 0 Å². The maximum Gasteiger partial charge on any atom is 0.335 e. The number of hydrogen-bond donors (Lipinski definition) is 3. The molecule has 0 aromatic heterocycles. The summed E-state index contributed by atoms with van der Waals surface area (Å²) in [5.74, 6) is -1.10. The van der Waals surface area contributed by atoms with E-state index in [1.54, 1.807) is 60.7 Å². The molecule has 3 N–H and O–H groups in total. The first-order valence-electron chi connectivity index (χ1n) is 7.60. The molecule has 0 heterocycles. The van der Waals surface area contributed by atoms with E-state index < -0.39 is 5.97 Å². The third-order valence-electron chi connectivity index (χ3n) is 3.26. The number of aromatic carboxylic acids is 1. The van der Waals surface area contributed by atoms with Crippen molar-refractivity contribution in [2.24, 2.45) is 0 Å². The number of aromatic hydroxyl groups is 1. The third kappa shape index (κ3) is 5.65. The summed E-state index contributed by atoms with van der Waals surface area (Å²) >= 11 is 5.74. The molecule has 0 saturated carbocycles. The highest BCUT2D eigenvalue weighted by atomic mass is 35.5. The molecule has 0 aliphatic rings. The highest BCUT2D eigenvalue weighted by Gasteiger charge is 2.06. The van der Waals surface area contributed by atoms with Crippen LogP contribution < -0.4 is 5.32 Å². The molecular weight excluding hydrogens is 354 g/mol. The number of amides is 1. The topological polar surface area (TPSA) is 86.6 Å². The van der Waals surface area contributed by atoms with Crippen molar-refractivity contribution in [1.29, 1.82) is 0 Å². The van der Waals surface area contributed by atoms with E-state index in [4.69, 9.17) is 16.7 Å². The Hall–Kier alpha value is -3.31. The Kier molecular flexibility index (Phi) is 6.76. The molecule has 26 heavy (non-hydrogen) atoms. The molecule has 132 valence electrons. The Morgan fingerprint density at radius 3 is 1.81 bits per heavy atom. The molecule has 0 spiro atoms. The number of nitrogens with one attached hydrogen (secondary N) is 1. The number of phenols is 1. The van der Waals surface area contributed by atoms with Gasteiger partial charge in [-0.25, -0.2) is 4.79 Å². The lowest BCUT2D eigenvalue weighted by Gasteiger charge is -2.06. The lowest BCUT2D eigenvalue weighted by Crippen LogP contribution is -2.11. The third-order valence-corrected chi connectivity index (χ3v) is 3.57. The van der Waals surface area contributed by atoms with Crippen molar-refractivity contribution in [1.82, 2.24) is 0 Å². The van der Waals surface area contributed by atoms with Crippen LogP contribution in [0.3, 0.4) is 0 Å². The summed E-state index contributed by atoms with van der Waals surface area (Å²) in [6, 6.07) is 21.7. The van der Waals surface area contributed by atoms with Gasteiger partial charge in [0, 0.05) is 11.3 Å². The van der Waals surface area contributed by atoms with Gasteiger partial charge in [-0.05, 0) is 42.5 Å². The SMILES string of the molecule is O=C(Nc1ccc(O)c(Cl)c1)c1ccccc1.O=C(O)c1ccccc1. The minimum atomic E-state index is -0.879. The number of phenolic OH excluding ortho intramolecular Hbond substituents is 1. The molecule has 5 nitrogen and oxygen atoms in total. The van der Waals surface area contributed by atoms with Crippen LogP contribution in [0.2, 0.25) is 5.02 Å². The minimum Gasteiger partial charge on any atom is -0.506 e. The largest absolute Gasteiger partial charge is 0.506 e. The second-order valence-electron chi connectivity index (χ2n) is 5.16. The standard InChI is InChI=1S/C13H10ClNO2.C7H6O2/c14-11-8-10(6-7-12(11)16)15-13(17)9-4-2-1-3-5-9;8-7(9)6-4-2-1-3-5-6/h1-8,16H,(H,15,17);1-5H,(H,8,9). The Labute approximate surface area is 155 Å². The van der Waals surface area contributed by atoms with Crippen molar-refractivity contribution >= 4 is 29.2 Å². The number of rotatable bonds is 3. The fourth-order valence-corrected chi connectivity index (χ4v) is 2.14. The fraction of sp³-hybridized carbons (Fsp3) is 0. The van der Waals surface area contributed by atoms with Gasteiger partial charge in [0.15, 0.2) is 0 Å². The number of hydrogen-bond acceptors (Lipinski definition) is 3. The van der Waals surface area contributed by atoms with Crippen molar-refractivity contribution in [2.75, 3.05) is 5.32 Å². The Morgan fingerprint density at radius 2 is 1.35 bits per heavy atom. The van der Waals surface area contributed by atoms with Crippen LogP contribution in [0, 0.1) is 0 Å². The predicted molar refractivity (Wildman–Crippen MR) is 101 cm³/mol. The number of anilines is 1. The van der Waals surface area contributed by atoms with Gasteiger partial charge in [0.05, 0.1) is 10.6 Å². The van der Waals surface area contributed by atoms with E-state index in [9.17, 15) is 14.7 Å². The van der Waals surface area contributed by atoms with E-state index in [-0.39, 0.29) is 16.7 Å². The van der Waals surface area contributed by atoms with Crippen LogP contribution in [-0.2, 0) is 0 Å². The van der Waals surface area contributed by atoms with E-state index in [0.29, 0.717) is 16.8 Å². The van der Waals surface area contributed by atoms with E-state index in [0.717, 1.165) is 0 Å². The van der Waals surface area contributed by atoms with Crippen LogP contribution in [0.1, 0.15) is 20.7 Å². The highest BCUT2D eigenvalue weighted by molar-refractivity contribution is 6.32. The van der Waals surface area contributed by atoms with E-state index in [1.807, 2.05) is 6.07 Å². The van der Waals surface area contributed by atoms with Gasteiger partial charge in [0.25, 0.3) is 5.91 Å². The average Bonchev–Trinajstić information content (AvgIpc) is 2.66. The summed E-state index contributed by atoms with van der Waals surface area (Å²) in [6.45, 7) is 0. The fourth-order valence-electron chi connectivity index (χ4n) is 1.96. The quantitative estimate of drug-likeness (QED) is 0.585. The molecule has 0 bridgehead atoms. The summed E-state index contributed by atoms with van der Waals surface area (Å²) in [5.41, 5.74) is 1.44. The van der Waals surface area contributed by atoms with Gasteiger partial charge in [-0.15, -0.1) is 0 Å². The van der Waals surface area contributed by atoms with Crippen molar-refractivity contribution in [3.8, 4) is 5.75 Å². The van der Waals surface area contributed by atoms with Gasteiger partial charge in [-0.1, -0.05) is 48.0 Å². The minimum absolute atomic E-state index is 0.00984. The summed E-state index contributed by atoms with van der Waals surface area (Å²) < 4.78 is 0. The smallest absolute Gasteiger partial charge is 0.335 e. The molecule has 0 fully saturated rings. The van der Waals surface area contributed by atoms with Crippen molar-refractivity contribution < 1.29 is 19.8 Å². The molecule has 0 aliphatic heterocycles. The van der Waals surface area contributed by atoms with Gasteiger partial charge < -0.3 is 15.5 Å². The molecule has 3 rings (SSSR count). The van der Waals surface area contributed by atoms with Crippen LogP contribution in [-0.4, -0.2) is 22.1 Å². The monoisotopic (exact) mass is 369 g/mol. The van der Waals surface area contributed by atoms with E-state index in [1.165, 1.54) is 12.1 Å². The summed E-state index contributed by atoms with van der Waals surface area (Å²) in [4.78, 5) is 22.0. The maximum atomic E-state index is 11.8. The van der Waals surface area contributed by atoms with Gasteiger partial charge in [-0.2, -0.15) is 0 Å². The molecule has 3 aromatic rings. The first-order valence-corrected chi connectivity index (χ1v) is 7.98. The van der Waals surface area contributed by atoms with Gasteiger partial charge in [-0.3, -0.25) is 4.79 Å². The molecule has 0 saturated heterocycles. The number of carbonyl (C=O) groups is 2. The number of carbonyl (C=O) groups excluding carboxylic acids is 1. The number of halogens is 1. The van der Waals surface area contributed by atoms with Crippen LogP contribution in [0.4, 0.5) is 5.69 Å². The summed E-state index contributed by atoms with van der Waals surface area (Å²) in [7, 11) is 0. The Morgan fingerprint density at radius 1 is 0.808 bits per heavy atom. The van der Waals surface area contributed by atoms with Crippen LogP contribution >= 0.6 is 11.6 Å². The first-order chi connectivity index (χ1) is 12.5. The molecule has 3 aromatic carbocycles. The van der Waals surface area contributed by atoms with E-state index >= 15 is 0 Å². The first kappa shape index (κ1) is 19.0. The Bertz CT molecular complexity index is 883. The predicted octanol–water partition coefficient (Wildman–Crippen LogP) is 4.68. The van der Waals surface area contributed by atoms with Gasteiger partial charge in [0.2, 0.25) is 0 Å². The van der Waals surface area contributed by atoms with Crippen LogP contribution in [0.25, 0.3) is 0 Å². The molecule has 6 heteroatoms. The molecule has 0 unspecified atom stereocenters. The number of carboxylic acid groups (broad SMARTS) is 1. The lowest BCUT2D eigenvalue weighted by atomic mass is 10.2. The zero-order chi connectivity index (χ0) is 18.9. The van der Waals surface area contributed by atoms with Crippen molar-refractivity contribution in [3.63, 3.8) is 0 Å². The zero-order valence-corrected chi connectivity index (χ0v) is 14.4. The van der Waals surface area contributed by atoms with Crippen LogP contribution in [0.5, 0.6) is 5.75 Å². The number of benzene rings is 3. The molecule has 0 atom stereocenters. The lowest BCUT2D eigenvalue weighted by molar-refractivity contribution is 0.0696. The maximum absolute atomic E-state index is 11.8. The second-order valence-corrected chi connectivity index (χ2v) is 5.56. The van der Waals surface area contributed by atoms with Gasteiger partial charge >= 0.3 is 5.97 Å². The Balaban J connectivity index is 0.000000228. The van der Waals surface area contributed by atoms with Gasteiger partial charge in [0.1, 0.15) is 5.75 Å². The zero-order valence-electron chi connectivity index (χ0n) is 13.6. The van der Waals surface area contributed by atoms with Crippen LogP contribution in [0.15, 0.2) is 78.9 Å². The molecule has 1 amide bonds. The van der Waals surface area contributed by atoms with E-state index in [2.05, 4.69) is 5.32 Å². The normalized spacial score (nSPS) is 9.58. The number of carboxylic acids is 1. The van der Waals surface area contributed by atoms with Crippen molar-refractivity contribution in [3.05, 3.63) is 95.0 Å². The summed E-state index contributed by atoms with van der Waals surface area (Å²) in [6.07, 6.45) is 0. The average molecular weight is 370 g/mol.